The molecule has 0 radical (unpaired) electrons. The Labute approximate surface area is 43.6 Å². The van der Waals surface area contributed by atoms with E-state index >= 15 is 0 Å². The van der Waals surface area contributed by atoms with Crippen LogP contribution in [0.3, 0.4) is 0 Å². The second kappa shape index (κ2) is 0.770. The van der Waals surface area contributed by atoms with E-state index in [1.54, 1.807) is 0 Å². The molecule has 0 aromatic rings. The van der Waals surface area contributed by atoms with Gasteiger partial charge in [-0.05, 0) is 0 Å². The number of halogens is 6. The van der Waals surface area contributed by atoms with E-state index < -0.39 is 6.92 Å². The zero-order valence-electron chi connectivity index (χ0n) is 2.77. The summed E-state index contributed by atoms with van der Waals surface area (Å²) in [6.07, 6.45) is 0. The molecule has 0 nitrogen and oxygen atoms in total. The van der Waals surface area contributed by atoms with Crippen molar-refractivity contribution < 1.29 is 20.5 Å². The van der Waals surface area contributed by atoms with Gasteiger partial charge in [0.2, 0.25) is 0 Å². The molecule has 0 N–H and O–H groups in total. The fourth-order valence-electron chi connectivity index (χ4n) is 0. The maximum absolute atomic E-state index is 10.5. The number of rotatable bonds is 0. The average Bonchev–Trinajstić information content (AvgIpc) is 0.592. The quantitative estimate of drug-likeness (QED) is 0.322. The summed E-state index contributed by atoms with van der Waals surface area (Å²) < 4.78 is 52.3. The molecule has 0 spiro atoms. The molecule has 0 fully saturated rings. The van der Waals surface area contributed by atoms with Gasteiger partial charge in [-0.25, -0.2) is 0 Å². The molecule has 0 aliphatic heterocycles. The Balaban J connectivity index is 4.43. The Bertz CT molecular complexity index is 66.6. The van der Waals surface area contributed by atoms with Crippen LogP contribution in [0.1, 0.15) is 0 Å². The fourth-order valence-corrected chi connectivity index (χ4v) is 0. The predicted molar refractivity (Wildman–Crippen MR) is 20.2 cm³/mol. The molecule has 0 aromatic heterocycles. The van der Waals surface area contributed by atoms with Gasteiger partial charge in [0.25, 0.3) is 0 Å². The molecule has 0 aliphatic rings. The van der Waals surface area contributed by atoms with Gasteiger partial charge in [-0.3, -0.25) is 0 Å². The van der Waals surface area contributed by atoms with E-state index in [2.05, 4.69) is 0 Å². The molecule has 0 unspecified atom stereocenters. The van der Waals surface area contributed by atoms with Crippen molar-refractivity contribution in [1.29, 1.82) is 0 Å². The van der Waals surface area contributed by atoms with E-state index in [0.717, 1.165) is 0 Å². The van der Waals surface area contributed by atoms with Crippen LogP contribution >= 0.6 is 15.3 Å². The zero-order valence-corrected chi connectivity index (χ0v) is 5.35. The summed E-state index contributed by atoms with van der Waals surface area (Å²) in [6.45, 7) is -9.53. The summed E-state index contributed by atoms with van der Waals surface area (Å²) in [5, 5.41) is 0. The predicted octanol–water partition coefficient (Wildman–Crippen LogP) is 2.57. The zero-order chi connectivity index (χ0) is 6.41. The van der Waals surface area contributed by atoms with Gasteiger partial charge >= 0.3 is 42.7 Å². The maximum atomic E-state index is 10.5. The third kappa shape index (κ3) is 997. The van der Waals surface area contributed by atoms with Crippen LogP contribution in [0.2, 0.25) is 0 Å². The van der Waals surface area contributed by atoms with Crippen molar-refractivity contribution in [3.63, 3.8) is 0 Å². The second-order valence-electron chi connectivity index (χ2n) is 1.07. The summed E-state index contributed by atoms with van der Waals surface area (Å²) in [6, 6.07) is 0. The van der Waals surface area contributed by atoms with Gasteiger partial charge in [0.1, 0.15) is 0 Å². The normalized spacial score (nSPS) is 23.1. The van der Waals surface area contributed by atoms with Crippen molar-refractivity contribution in [2.75, 3.05) is 0 Å². The minimum atomic E-state index is -9.53. The van der Waals surface area contributed by atoms with Crippen LogP contribution in [0.5, 0.6) is 0 Å². The minimum absolute atomic E-state index is 0.405. The number of hydrogen-bond donors (Lipinski definition) is 0. The van der Waals surface area contributed by atoms with Crippen molar-refractivity contribution in [3.05, 3.63) is 0 Å². The van der Waals surface area contributed by atoms with Gasteiger partial charge in [-0.15, -0.1) is 0 Å². The summed E-state index contributed by atoms with van der Waals surface area (Å²) >= 11 is 0.405. The van der Waals surface area contributed by atoms with E-state index in [9.17, 15) is 20.5 Å². The molecule has 0 saturated carbocycles. The van der Waals surface area contributed by atoms with Gasteiger partial charge in [-0.2, -0.15) is 0 Å². The summed E-state index contributed by atoms with van der Waals surface area (Å²) in [5.74, 6) is 0. The van der Waals surface area contributed by atoms with Crippen LogP contribution in [0.15, 0.2) is 0 Å². The van der Waals surface area contributed by atoms with Crippen LogP contribution in [0.4, 0.5) is 20.5 Å². The van der Waals surface area contributed by atoms with Crippen molar-refractivity contribution in [3.8, 4) is 0 Å². The van der Waals surface area contributed by atoms with Crippen molar-refractivity contribution in [1.82, 2.24) is 0 Å². The van der Waals surface area contributed by atoms with Crippen molar-refractivity contribution >= 4 is 22.2 Å². The first-order valence-electron chi connectivity index (χ1n) is 1.13. The Morgan fingerprint density at radius 3 is 0.857 bits per heavy atom. The van der Waals surface area contributed by atoms with Gasteiger partial charge in [-0.1, -0.05) is 0 Å². The van der Waals surface area contributed by atoms with E-state index in [4.69, 9.17) is 0 Å². The monoisotopic (exact) mass is 202 g/mol. The molecule has 0 heterocycles. The molecule has 0 rings (SSSR count). The summed E-state index contributed by atoms with van der Waals surface area (Å²) in [5.41, 5.74) is 0. The SMILES string of the molecule is F[Si-2](F)(F)(F)(F)Br. The first kappa shape index (κ1) is 7.35. The Morgan fingerprint density at radius 1 is 0.857 bits per heavy atom. The fraction of sp³-hybridized carbons (Fsp3) is 0. The van der Waals surface area contributed by atoms with Crippen LogP contribution in [0.25, 0.3) is 0 Å². The Hall–Kier alpha value is 0.347. The molecule has 0 saturated heterocycles. The van der Waals surface area contributed by atoms with Crippen LogP contribution in [-0.2, 0) is 0 Å². The van der Waals surface area contributed by atoms with Gasteiger partial charge in [0.05, 0.1) is 0 Å². The molecular weight excluding hydrogens is 203 g/mol. The van der Waals surface area contributed by atoms with Crippen LogP contribution in [0, 0.1) is 0 Å². The average molecular weight is 203 g/mol. The van der Waals surface area contributed by atoms with Gasteiger partial charge < -0.3 is 0 Å². The van der Waals surface area contributed by atoms with Crippen molar-refractivity contribution in [2.24, 2.45) is 0 Å². The second-order valence-corrected chi connectivity index (χ2v) is 7.71. The van der Waals surface area contributed by atoms with E-state index in [0.29, 0.717) is 15.3 Å². The first-order chi connectivity index (χ1) is 2.45. The standard InChI is InChI=1S/BrF5Si/c1-7(2,3,4,5)6/q-2. The van der Waals surface area contributed by atoms with E-state index in [1.807, 2.05) is 0 Å². The molecule has 0 aromatic carbocycles. The molecule has 0 aliphatic carbocycles. The summed E-state index contributed by atoms with van der Waals surface area (Å²) in [4.78, 5) is 0. The third-order valence-electron chi connectivity index (χ3n) is 0. The number of hydrogen-bond acceptors (Lipinski definition) is 0. The molecule has 7 heavy (non-hydrogen) atoms. The van der Waals surface area contributed by atoms with E-state index in [1.165, 1.54) is 0 Å². The van der Waals surface area contributed by atoms with Gasteiger partial charge in [0, 0.05) is 0 Å². The topological polar surface area (TPSA) is 0 Å². The van der Waals surface area contributed by atoms with Crippen LogP contribution < -0.4 is 0 Å². The first-order valence-corrected chi connectivity index (χ1v) is 5.78. The molecule has 48 valence electrons. The van der Waals surface area contributed by atoms with Crippen LogP contribution in [-0.4, -0.2) is 6.92 Å². The van der Waals surface area contributed by atoms with E-state index in [-0.39, 0.29) is 0 Å². The summed E-state index contributed by atoms with van der Waals surface area (Å²) in [7, 11) is 0. The van der Waals surface area contributed by atoms with Crippen molar-refractivity contribution in [2.45, 2.75) is 0 Å². The molecule has 0 bridgehead atoms. The van der Waals surface area contributed by atoms with Gasteiger partial charge in [0.15, 0.2) is 0 Å². The molecule has 0 atom stereocenters. The molecule has 7 heteroatoms. The molecule has 0 amide bonds. The molecular formula is BrF5Si-2. The Morgan fingerprint density at radius 2 is 0.857 bits per heavy atom. The Kier molecular flexibility index (Phi) is 0.809. The third-order valence-corrected chi connectivity index (χ3v) is 0.